The van der Waals surface area contributed by atoms with E-state index in [0.29, 0.717) is 11.6 Å². The number of aromatic nitrogens is 1. The van der Waals surface area contributed by atoms with Crippen LogP contribution < -0.4 is 4.90 Å². The standard InChI is InChI=1S/C12H18N2OS/c1-4-11(9-16-3)14(2)12-10(8-15)6-5-7-13-12/h5-8,11H,4,9H2,1-3H3. The van der Waals surface area contributed by atoms with Crippen molar-refractivity contribution in [2.45, 2.75) is 19.4 Å². The summed E-state index contributed by atoms with van der Waals surface area (Å²) in [5.41, 5.74) is 0.657. The van der Waals surface area contributed by atoms with Gasteiger partial charge in [-0.05, 0) is 24.8 Å². The summed E-state index contributed by atoms with van der Waals surface area (Å²) in [7, 11) is 2.00. The minimum absolute atomic E-state index is 0.420. The number of hydrogen-bond donors (Lipinski definition) is 0. The van der Waals surface area contributed by atoms with Gasteiger partial charge in [0.25, 0.3) is 0 Å². The molecule has 3 nitrogen and oxygen atoms in total. The molecule has 0 fully saturated rings. The number of thioether (sulfide) groups is 1. The van der Waals surface area contributed by atoms with Crippen molar-refractivity contribution in [3.8, 4) is 0 Å². The minimum atomic E-state index is 0.420. The fourth-order valence-corrected chi connectivity index (χ4v) is 2.51. The lowest BCUT2D eigenvalue weighted by molar-refractivity contribution is 0.112. The quantitative estimate of drug-likeness (QED) is 0.713. The van der Waals surface area contributed by atoms with Crippen LogP contribution in [0.3, 0.4) is 0 Å². The van der Waals surface area contributed by atoms with Gasteiger partial charge in [0.1, 0.15) is 5.82 Å². The Morgan fingerprint density at radius 3 is 2.94 bits per heavy atom. The average molecular weight is 238 g/mol. The fourth-order valence-electron chi connectivity index (χ4n) is 1.66. The molecule has 4 heteroatoms. The van der Waals surface area contributed by atoms with Gasteiger partial charge in [0.05, 0.1) is 5.56 Å². The molecule has 0 bridgehead atoms. The molecule has 0 saturated heterocycles. The van der Waals surface area contributed by atoms with Gasteiger partial charge in [0, 0.05) is 25.0 Å². The van der Waals surface area contributed by atoms with E-state index in [2.05, 4.69) is 23.1 Å². The Bertz CT molecular complexity index is 344. The van der Waals surface area contributed by atoms with E-state index in [1.807, 2.05) is 18.8 Å². The normalized spacial score (nSPS) is 12.2. The largest absolute Gasteiger partial charge is 0.355 e. The highest BCUT2D eigenvalue weighted by Gasteiger charge is 2.16. The smallest absolute Gasteiger partial charge is 0.153 e. The summed E-state index contributed by atoms with van der Waals surface area (Å²) in [6.07, 6.45) is 5.73. The molecule has 1 aromatic heterocycles. The molecule has 1 heterocycles. The molecule has 88 valence electrons. The summed E-state index contributed by atoms with van der Waals surface area (Å²) < 4.78 is 0. The molecular formula is C12H18N2OS. The number of pyridine rings is 1. The number of hydrogen-bond acceptors (Lipinski definition) is 4. The second kappa shape index (κ2) is 6.53. The maximum atomic E-state index is 10.9. The van der Waals surface area contributed by atoms with Crippen LogP contribution in [0.25, 0.3) is 0 Å². The maximum absolute atomic E-state index is 10.9. The number of anilines is 1. The van der Waals surface area contributed by atoms with Gasteiger partial charge in [-0.2, -0.15) is 11.8 Å². The van der Waals surface area contributed by atoms with Crippen molar-refractivity contribution in [2.75, 3.05) is 24.0 Å². The topological polar surface area (TPSA) is 33.2 Å². The average Bonchev–Trinajstić information content (AvgIpc) is 2.35. The zero-order valence-corrected chi connectivity index (χ0v) is 10.8. The first-order valence-electron chi connectivity index (χ1n) is 5.36. The van der Waals surface area contributed by atoms with Crippen LogP contribution >= 0.6 is 11.8 Å². The summed E-state index contributed by atoms with van der Waals surface area (Å²) in [6, 6.07) is 4.01. The second-order valence-electron chi connectivity index (χ2n) is 3.66. The first kappa shape index (κ1) is 13.0. The van der Waals surface area contributed by atoms with Gasteiger partial charge in [-0.1, -0.05) is 6.92 Å². The van der Waals surface area contributed by atoms with Crippen LogP contribution in [0.2, 0.25) is 0 Å². The minimum Gasteiger partial charge on any atom is -0.355 e. The van der Waals surface area contributed by atoms with E-state index in [1.165, 1.54) is 0 Å². The third-order valence-corrected chi connectivity index (χ3v) is 3.37. The van der Waals surface area contributed by atoms with Crippen molar-refractivity contribution < 1.29 is 4.79 Å². The van der Waals surface area contributed by atoms with E-state index in [4.69, 9.17) is 0 Å². The van der Waals surface area contributed by atoms with Crippen LogP contribution in [-0.4, -0.2) is 36.4 Å². The highest BCUT2D eigenvalue weighted by molar-refractivity contribution is 7.98. The number of carbonyl (C=O) groups excluding carboxylic acids is 1. The Balaban J connectivity index is 2.93. The molecule has 0 aliphatic carbocycles. The molecule has 1 rings (SSSR count). The Morgan fingerprint density at radius 2 is 2.38 bits per heavy atom. The number of nitrogens with zero attached hydrogens (tertiary/aromatic N) is 2. The molecule has 0 aromatic carbocycles. The molecular weight excluding hydrogens is 220 g/mol. The Labute approximate surface area is 101 Å². The lowest BCUT2D eigenvalue weighted by Crippen LogP contribution is -2.34. The van der Waals surface area contributed by atoms with E-state index in [0.717, 1.165) is 24.3 Å². The van der Waals surface area contributed by atoms with Crippen LogP contribution in [0.1, 0.15) is 23.7 Å². The van der Waals surface area contributed by atoms with Gasteiger partial charge in [0.2, 0.25) is 0 Å². The van der Waals surface area contributed by atoms with E-state index in [-0.39, 0.29) is 0 Å². The third kappa shape index (κ3) is 2.98. The molecule has 0 N–H and O–H groups in total. The Hall–Kier alpha value is -1.03. The molecule has 0 aliphatic heterocycles. The Morgan fingerprint density at radius 1 is 1.62 bits per heavy atom. The molecule has 0 saturated carbocycles. The van der Waals surface area contributed by atoms with Gasteiger partial charge >= 0.3 is 0 Å². The summed E-state index contributed by atoms with van der Waals surface area (Å²) in [5.74, 6) is 1.82. The second-order valence-corrected chi connectivity index (χ2v) is 4.57. The Kier molecular flexibility index (Phi) is 5.32. The monoisotopic (exact) mass is 238 g/mol. The van der Waals surface area contributed by atoms with Crippen LogP contribution in [0.4, 0.5) is 5.82 Å². The lowest BCUT2D eigenvalue weighted by Gasteiger charge is -2.28. The van der Waals surface area contributed by atoms with Crippen molar-refractivity contribution in [1.82, 2.24) is 4.98 Å². The van der Waals surface area contributed by atoms with Gasteiger partial charge < -0.3 is 4.90 Å². The number of aldehydes is 1. The summed E-state index contributed by atoms with van der Waals surface area (Å²) in [5, 5.41) is 0. The van der Waals surface area contributed by atoms with Crippen molar-refractivity contribution in [1.29, 1.82) is 0 Å². The zero-order chi connectivity index (χ0) is 12.0. The summed E-state index contributed by atoms with van der Waals surface area (Å²) in [4.78, 5) is 17.3. The van der Waals surface area contributed by atoms with Crippen LogP contribution in [0.5, 0.6) is 0 Å². The van der Waals surface area contributed by atoms with E-state index < -0.39 is 0 Å². The number of rotatable bonds is 6. The molecule has 1 aromatic rings. The predicted molar refractivity (Wildman–Crippen MR) is 70.5 cm³/mol. The lowest BCUT2D eigenvalue weighted by atomic mass is 10.2. The van der Waals surface area contributed by atoms with E-state index >= 15 is 0 Å². The fraction of sp³-hybridized carbons (Fsp3) is 0.500. The zero-order valence-electron chi connectivity index (χ0n) is 10.0. The SMILES string of the molecule is CCC(CSC)N(C)c1ncccc1C=O. The first-order chi connectivity index (χ1) is 7.74. The first-order valence-corrected chi connectivity index (χ1v) is 6.75. The molecule has 1 atom stereocenters. The summed E-state index contributed by atoms with van der Waals surface area (Å²) in [6.45, 7) is 2.15. The third-order valence-electron chi connectivity index (χ3n) is 2.66. The molecule has 0 amide bonds. The highest BCUT2D eigenvalue weighted by Crippen LogP contribution is 2.19. The summed E-state index contributed by atoms with van der Waals surface area (Å²) >= 11 is 1.81. The van der Waals surface area contributed by atoms with Gasteiger partial charge in [0.15, 0.2) is 6.29 Å². The van der Waals surface area contributed by atoms with Gasteiger partial charge in [-0.25, -0.2) is 4.98 Å². The van der Waals surface area contributed by atoms with Gasteiger partial charge in [-0.3, -0.25) is 4.79 Å². The number of carbonyl (C=O) groups is 1. The van der Waals surface area contributed by atoms with Crippen molar-refractivity contribution >= 4 is 23.9 Å². The van der Waals surface area contributed by atoms with Crippen LogP contribution in [0, 0.1) is 0 Å². The molecule has 0 radical (unpaired) electrons. The van der Waals surface area contributed by atoms with Crippen molar-refractivity contribution in [3.63, 3.8) is 0 Å². The van der Waals surface area contributed by atoms with Crippen LogP contribution in [0.15, 0.2) is 18.3 Å². The van der Waals surface area contributed by atoms with E-state index in [1.54, 1.807) is 18.3 Å². The molecule has 0 spiro atoms. The highest BCUT2D eigenvalue weighted by atomic mass is 32.2. The molecule has 16 heavy (non-hydrogen) atoms. The molecule has 1 unspecified atom stereocenters. The molecule has 0 aliphatic rings. The van der Waals surface area contributed by atoms with E-state index in [9.17, 15) is 4.79 Å². The van der Waals surface area contributed by atoms with Crippen molar-refractivity contribution in [2.24, 2.45) is 0 Å². The van der Waals surface area contributed by atoms with Crippen molar-refractivity contribution in [3.05, 3.63) is 23.9 Å². The maximum Gasteiger partial charge on any atom is 0.153 e. The van der Waals surface area contributed by atoms with Gasteiger partial charge in [-0.15, -0.1) is 0 Å². The predicted octanol–water partition coefficient (Wildman–Crippen LogP) is 2.47. The van der Waals surface area contributed by atoms with Crippen LogP contribution in [-0.2, 0) is 0 Å².